The first kappa shape index (κ1) is 18.3. The lowest BCUT2D eigenvalue weighted by Gasteiger charge is -2.14. The second-order valence-corrected chi connectivity index (χ2v) is 6.77. The summed E-state index contributed by atoms with van der Waals surface area (Å²) < 4.78 is 1.59. The molecule has 4 aromatic rings. The number of rotatable bonds is 4. The van der Waals surface area contributed by atoms with E-state index in [9.17, 15) is 20.3 Å². The minimum absolute atomic E-state index is 0.0742. The molecular formula is C21H18N4O4. The van der Waals surface area contributed by atoms with E-state index in [1.54, 1.807) is 16.5 Å². The van der Waals surface area contributed by atoms with Crippen molar-refractivity contribution in [3.8, 4) is 22.8 Å². The molecule has 4 rings (SSSR count). The van der Waals surface area contributed by atoms with Crippen LogP contribution in [0.4, 0.5) is 17.2 Å². The molecule has 0 aliphatic rings. The van der Waals surface area contributed by atoms with Crippen molar-refractivity contribution in [3.05, 3.63) is 76.0 Å². The highest BCUT2D eigenvalue weighted by atomic mass is 16.6. The van der Waals surface area contributed by atoms with Crippen molar-refractivity contribution in [2.75, 3.05) is 5.32 Å². The maximum Gasteiger partial charge on any atom is 0.286 e. The minimum atomic E-state index is -0.472. The first-order valence-electron chi connectivity index (χ1n) is 8.87. The van der Waals surface area contributed by atoms with Gasteiger partial charge in [-0.05, 0) is 43.2 Å². The second-order valence-electron chi connectivity index (χ2n) is 6.77. The van der Waals surface area contributed by atoms with Crippen molar-refractivity contribution < 1.29 is 15.1 Å². The van der Waals surface area contributed by atoms with E-state index in [4.69, 9.17) is 0 Å². The molecule has 0 amide bonds. The van der Waals surface area contributed by atoms with Gasteiger partial charge < -0.3 is 15.5 Å². The molecule has 146 valence electrons. The van der Waals surface area contributed by atoms with E-state index in [-0.39, 0.29) is 17.2 Å². The third-order valence-corrected chi connectivity index (χ3v) is 4.77. The number of nitrogens with zero attached hydrogens (tertiary/aromatic N) is 3. The number of imidazole rings is 1. The summed E-state index contributed by atoms with van der Waals surface area (Å²) in [5.74, 6) is 0.254. The topological polar surface area (TPSA) is 113 Å². The Balaban J connectivity index is 2.00. The summed E-state index contributed by atoms with van der Waals surface area (Å²) >= 11 is 0. The summed E-state index contributed by atoms with van der Waals surface area (Å²) in [6, 6.07) is 13.0. The number of nitro groups is 1. The SMILES string of the molecule is Cc1cccc(C)c1Nc1c(-c2ccc(O)cc2O)nc2ccc([N+](=O)[O-])cn12. The molecule has 0 unspecified atom stereocenters. The Labute approximate surface area is 165 Å². The van der Waals surface area contributed by atoms with Crippen LogP contribution in [0.25, 0.3) is 16.9 Å². The molecule has 0 bridgehead atoms. The van der Waals surface area contributed by atoms with E-state index >= 15 is 0 Å². The van der Waals surface area contributed by atoms with Crippen LogP contribution in [0, 0.1) is 24.0 Å². The second kappa shape index (κ2) is 6.83. The summed E-state index contributed by atoms with van der Waals surface area (Å²) in [6.07, 6.45) is 1.39. The lowest BCUT2D eigenvalue weighted by molar-refractivity contribution is -0.385. The van der Waals surface area contributed by atoms with E-state index in [1.165, 1.54) is 24.4 Å². The zero-order valence-corrected chi connectivity index (χ0v) is 15.7. The standard InChI is InChI=1S/C21H18N4O4/c1-12-4-3-5-13(2)19(12)23-21-20(16-8-7-15(26)10-17(16)27)22-18-9-6-14(25(28)29)11-24(18)21/h3-11,23,26-27H,1-2H3. The predicted octanol–water partition coefficient (Wildman–Crippen LogP) is 4.68. The number of fused-ring (bicyclic) bond motifs is 1. The van der Waals surface area contributed by atoms with Crippen LogP contribution in [0.3, 0.4) is 0 Å². The molecule has 3 N–H and O–H groups in total. The van der Waals surface area contributed by atoms with Gasteiger partial charge in [0.1, 0.15) is 28.7 Å². The van der Waals surface area contributed by atoms with Crippen molar-refractivity contribution in [2.24, 2.45) is 0 Å². The summed E-state index contributed by atoms with van der Waals surface area (Å²) in [5.41, 5.74) is 4.03. The number of aryl methyl sites for hydroxylation is 2. The van der Waals surface area contributed by atoms with Crippen molar-refractivity contribution in [1.82, 2.24) is 9.38 Å². The molecule has 2 heterocycles. The number of phenolic OH excluding ortho intramolecular Hbond substituents is 2. The van der Waals surface area contributed by atoms with Gasteiger partial charge in [0.15, 0.2) is 0 Å². The van der Waals surface area contributed by atoms with E-state index < -0.39 is 4.92 Å². The molecule has 2 aromatic carbocycles. The number of anilines is 2. The van der Waals surface area contributed by atoms with Crippen molar-refractivity contribution in [2.45, 2.75) is 13.8 Å². The quantitative estimate of drug-likeness (QED) is 0.344. The van der Waals surface area contributed by atoms with E-state index in [0.29, 0.717) is 22.7 Å². The molecule has 0 aliphatic carbocycles. The molecule has 8 heteroatoms. The van der Waals surface area contributed by atoms with Crippen molar-refractivity contribution in [1.29, 1.82) is 0 Å². The van der Waals surface area contributed by atoms with Gasteiger partial charge in [-0.15, -0.1) is 0 Å². The Morgan fingerprint density at radius 2 is 1.79 bits per heavy atom. The Kier molecular flexibility index (Phi) is 4.31. The molecule has 0 aliphatic heterocycles. The molecule has 8 nitrogen and oxygen atoms in total. The van der Waals surface area contributed by atoms with Gasteiger partial charge in [0, 0.05) is 23.4 Å². The number of benzene rings is 2. The smallest absolute Gasteiger partial charge is 0.286 e. The summed E-state index contributed by atoms with van der Waals surface area (Å²) in [4.78, 5) is 15.4. The van der Waals surface area contributed by atoms with Gasteiger partial charge in [0.05, 0.1) is 11.1 Å². The zero-order valence-electron chi connectivity index (χ0n) is 15.7. The van der Waals surface area contributed by atoms with E-state index in [2.05, 4.69) is 10.3 Å². The molecular weight excluding hydrogens is 372 g/mol. The van der Waals surface area contributed by atoms with E-state index in [1.807, 2.05) is 32.0 Å². The van der Waals surface area contributed by atoms with Gasteiger partial charge in [-0.3, -0.25) is 14.5 Å². The van der Waals surface area contributed by atoms with Gasteiger partial charge >= 0.3 is 0 Å². The fraction of sp³-hybridized carbons (Fsp3) is 0.0952. The Morgan fingerprint density at radius 1 is 1.07 bits per heavy atom. The Bertz CT molecular complexity index is 1240. The molecule has 0 saturated carbocycles. The van der Waals surface area contributed by atoms with Gasteiger partial charge in [-0.2, -0.15) is 0 Å². The highest BCUT2D eigenvalue weighted by Gasteiger charge is 2.20. The van der Waals surface area contributed by atoms with Crippen LogP contribution in [0.5, 0.6) is 11.5 Å². The van der Waals surface area contributed by atoms with E-state index in [0.717, 1.165) is 16.8 Å². The monoisotopic (exact) mass is 390 g/mol. The zero-order chi connectivity index (χ0) is 20.7. The van der Waals surface area contributed by atoms with Crippen LogP contribution >= 0.6 is 0 Å². The maximum absolute atomic E-state index is 11.3. The average molecular weight is 390 g/mol. The molecule has 29 heavy (non-hydrogen) atoms. The highest BCUT2D eigenvalue weighted by Crippen LogP contribution is 2.39. The highest BCUT2D eigenvalue weighted by molar-refractivity contribution is 5.84. The Hall–Kier alpha value is -4.07. The van der Waals surface area contributed by atoms with Gasteiger partial charge in [0.2, 0.25) is 0 Å². The minimum Gasteiger partial charge on any atom is -0.508 e. The first-order valence-corrected chi connectivity index (χ1v) is 8.87. The number of phenols is 2. The molecule has 0 saturated heterocycles. The third-order valence-electron chi connectivity index (χ3n) is 4.77. The largest absolute Gasteiger partial charge is 0.508 e. The Morgan fingerprint density at radius 3 is 2.45 bits per heavy atom. The number of para-hydroxylation sites is 1. The van der Waals surface area contributed by atoms with Crippen molar-refractivity contribution in [3.63, 3.8) is 0 Å². The van der Waals surface area contributed by atoms with Crippen LogP contribution < -0.4 is 5.32 Å². The summed E-state index contributed by atoms with van der Waals surface area (Å²) in [6.45, 7) is 3.91. The van der Waals surface area contributed by atoms with Crippen LogP contribution in [-0.2, 0) is 0 Å². The first-order chi connectivity index (χ1) is 13.8. The van der Waals surface area contributed by atoms with Gasteiger partial charge in [-0.1, -0.05) is 18.2 Å². The normalized spacial score (nSPS) is 11.0. The lowest BCUT2D eigenvalue weighted by Crippen LogP contribution is -2.01. The van der Waals surface area contributed by atoms with Crippen molar-refractivity contribution >= 4 is 22.8 Å². The number of aromatic hydroxyl groups is 2. The number of aromatic nitrogens is 2. The maximum atomic E-state index is 11.3. The number of pyridine rings is 1. The van der Waals surface area contributed by atoms with Crippen LogP contribution in [0.2, 0.25) is 0 Å². The molecule has 0 atom stereocenters. The average Bonchev–Trinajstić information content (AvgIpc) is 3.02. The van der Waals surface area contributed by atoms with Crippen LogP contribution in [0.1, 0.15) is 11.1 Å². The third kappa shape index (κ3) is 3.20. The molecule has 0 spiro atoms. The van der Waals surface area contributed by atoms with Crippen LogP contribution in [0.15, 0.2) is 54.7 Å². The molecule has 0 fully saturated rings. The fourth-order valence-corrected chi connectivity index (χ4v) is 3.30. The summed E-state index contributed by atoms with van der Waals surface area (Å²) in [5, 5.41) is 34.6. The number of nitrogens with one attached hydrogen (secondary N) is 1. The summed E-state index contributed by atoms with van der Waals surface area (Å²) in [7, 11) is 0. The predicted molar refractivity (Wildman–Crippen MR) is 110 cm³/mol. The number of hydrogen-bond donors (Lipinski definition) is 3. The number of hydrogen-bond acceptors (Lipinski definition) is 6. The molecule has 0 radical (unpaired) electrons. The fourth-order valence-electron chi connectivity index (χ4n) is 3.30. The van der Waals surface area contributed by atoms with Gasteiger partial charge in [0.25, 0.3) is 5.69 Å². The van der Waals surface area contributed by atoms with Crippen LogP contribution in [-0.4, -0.2) is 24.5 Å². The van der Waals surface area contributed by atoms with Gasteiger partial charge in [-0.25, -0.2) is 4.98 Å². The lowest BCUT2D eigenvalue weighted by atomic mass is 10.1. The molecule has 2 aromatic heterocycles.